The number of nitrogens with one attached hydrogen (secondary N) is 1. The van der Waals surface area contributed by atoms with E-state index in [2.05, 4.69) is 9.50 Å². The molecule has 33 heteroatoms. The topological polar surface area (TPSA) is 517 Å². The van der Waals surface area contributed by atoms with Gasteiger partial charge in [-0.1, -0.05) is 0 Å². The average molecular weight is 1010 g/mol. The maximum atomic E-state index is 12.8. The second-order valence-corrected chi connectivity index (χ2v) is 17.2. The van der Waals surface area contributed by atoms with Crippen LogP contribution in [0.5, 0.6) is 0 Å². The molecule has 5 aliphatic heterocycles. The Morgan fingerprint density at radius 3 is 1.70 bits per heavy atom. The summed E-state index contributed by atoms with van der Waals surface area (Å²) in [5, 5.41) is 172. The van der Waals surface area contributed by atoms with Crippen LogP contribution >= 0.6 is 0 Å². The Kier molecular flexibility index (Phi) is 19.1. The molecule has 67 heavy (non-hydrogen) atoms. The first-order valence-electron chi connectivity index (χ1n) is 20.3. The van der Waals surface area contributed by atoms with E-state index in [-0.39, 0.29) is 0 Å². The monoisotopic (exact) mass is 1010 g/mol. The number of hydrogen-bond acceptors (Lipinski definition) is 29. The van der Waals surface area contributed by atoms with Crippen LogP contribution in [0.2, 0.25) is 0 Å². The van der Waals surface area contributed by atoms with Crippen molar-refractivity contribution in [3.8, 4) is 0 Å². The van der Waals surface area contributed by atoms with Crippen molar-refractivity contribution in [2.45, 2.75) is 166 Å². The number of carboxylic acid groups (broad SMARTS) is 1. The van der Waals surface area contributed by atoms with Crippen molar-refractivity contribution < 1.29 is 151 Å². The van der Waals surface area contributed by atoms with Gasteiger partial charge < -0.3 is 130 Å². The third-order valence-corrected chi connectivity index (χ3v) is 12.0. The zero-order chi connectivity index (χ0) is 50.0. The minimum atomic E-state index is -5.41. The van der Waals surface area contributed by atoms with E-state index < -0.39 is 215 Å². The van der Waals surface area contributed by atoms with Crippen LogP contribution in [0.25, 0.3) is 0 Å². The molecular formula is C34H57NO31S. The van der Waals surface area contributed by atoms with E-state index >= 15 is 0 Å². The lowest BCUT2D eigenvalue weighted by molar-refractivity contribution is -0.389. The molecule has 0 aromatic rings. The van der Waals surface area contributed by atoms with Gasteiger partial charge in [0.05, 0.1) is 45.2 Å². The van der Waals surface area contributed by atoms with Gasteiger partial charge in [0.25, 0.3) is 5.79 Å². The molecule has 5 heterocycles. The summed E-state index contributed by atoms with van der Waals surface area (Å²) in [6, 6.07) is -1.62. The maximum Gasteiger partial charge on any atom is 0.397 e. The quantitative estimate of drug-likeness (QED) is 0.0567. The minimum Gasteiger partial charge on any atom is -0.477 e. The Morgan fingerprint density at radius 1 is 0.716 bits per heavy atom. The summed E-state index contributed by atoms with van der Waals surface area (Å²) in [6.45, 7) is -4.20. The zero-order valence-corrected chi connectivity index (χ0v) is 35.6. The minimum absolute atomic E-state index is 0.688. The summed E-state index contributed by atoms with van der Waals surface area (Å²) < 4.78 is 86.0. The van der Waals surface area contributed by atoms with E-state index in [1.165, 1.54) is 0 Å². The van der Waals surface area contributed by atoms with Gasteiger partial charge in [0.2, 0.25) is 5.91 Å². The molecular weight excluding hydrogens is 950 g/mol. The molecule has 0 aromatic carbocycles. The summed E-state index contributed by atoms with van der Waals surface area (Å²) in [4.78, 5) is 24.8. The molecule has 0 aliphatic carbocycles. The molecule has 32 nitrogen and oxygen atoms in total. The second kappa shape index (κ2) is 22.9. The smallest absolute Gasteiger partial charge is 0.397 e. The zero-order valence-electron chi connectivity index (χ0n) is 34.8. The molecule has 2 unspecified atom stereocenters. The van der Waals surface area contributed by atoms with Crippen molar-refractivity contribution in [2.75, 3.05) is 33.0 Å². The molecule has 1 amide bonds. The molecule has 390 valence electrons. The Hall–Kier alpha value is -2.15. The molecule has 0 saturated carbocycles. The molecule has 0 bridgehead atoms. The molecule has 18 N–H and O–H groups in total. The summed E-state index contributed by atoms with van der Waals surface area (Å²) in [5.74, 6) is -5.87. The molecule has 5 aliphatic rings. The summed E-state index contributed by atoms with van der Waals surface area (Å²) >= 11 is 0. The van der Waals surface area contributed by atoms with Crippen molar-refractivity contribution in [1.29, 1.82) is 0 Å². The van der Waals surface area contributed by atoms with E-state index in [1.807, 2.05) is 0 Å². The number of hydrogen-bond donors (Lipinski definition) is 18. The highest BCUT2D eigenvalue weighted by Gasteiger charge is 2.59. The van der Waals surface area contributed by atoms with Crippen LogP contribution in [0, 0.1) is 0 Å². The van der Waals surface area contributed by atoms with Crippen molar-refractivity contribution in [3.63, 3.8) is 0 Å². The number of carbonyl (C=O) groups is 2. The summed E-state index contributed by atoms with van der Waals surface area (Å²) in [6.07, 6.45) is -49.3. The normalized spacial score (nSPS) is 46.3. The van der Waals surface area contributed by atoms with Crippen LogP contribution in [-0.4, -0.2) is 293 Å². The standard InChI is InChI=1S/C34H57NO31S/c1-8(39)35-15-9(40)2-34(33(52)53,65-25(15)16(42)10(41)3-36)58-7-14-20(46)27(22(48)30(62-14)61-13-6-57-29(51)21(47)17(13)43)64-31-23(49)26(18(44)11(4-37)59-31)63-32-24(50)28(66-67(54,55)56)19(45)12(5-38)60-32/h9-32,36-38,40-51H,2-7H2,1H3,(H,35,39)(H,52,53)(H,54,55,56)/t9-,10+,11+,12+,13+,14+,15+,16+,17-,18-,19+,20-,21+,22+,23+,24+,25+,26-,27-,28-,29?,30+,31-,32-,34?/m0/s1. The van der Waals surface area contributed by atoms with Gasteiger partial charge in [-0.2, -0.15) is 8.42 Å². The highest BCUT2D eigenvalue weighted by Crippen LogP contribution is 2.37. The van der Waals surface area contributed by atoms with Gasteiger partial charge >= 0.3 is 16.4 Å². The van der Waals surface area contributed by atoms with Gasteiger partial charge in [-0.15, -0.1) is 0 Å². The van der Waals surface area contributed by atoms with Crippen LogP contribution in [-0.2, 0) is 66.8 Å². The largest absolute Gasteiger partial charge is 0.477 e. The molecule has 0 radical (unpaired) electrons. The number of aliphatic hydroxyl groups excluding tert-OH is 15. The highest BCUT2D eigenvalue weighted by molar-refractivity contribution is 7.80. The number of aliphatic hydroxyl groups is 15. The third-order valence-electron chi connectivity index (χ3n) is 11.5. The lowest BCUT2D eigenvalue weighted by Crippen LogP contribution is -2.69. The Labute approximate surface area is 377 Å². The Bertz CT molecular complexity index is 1740. The van der Waals surface area contributed by atoms with Crippen LogP contribution in [0.15, 0.2) is 0 Å². The van der Waals surface area contributed by atoms with E-state index in [4.69, 9.17) is 42.6 Å². The number of carbonyl (C=O) groups excluding carboxylic acids is 1. The summed E-state index contributed by atoms with van der Waals surface area (Å²) in [7, 11) is -5.41. The first-order chi connectivity index (χ1) is 31.3. The number of ether oxygens (including phenoxy) is 9. The van der Waals surface area contributed by atoms with Gasteiger partial charge in [0.1, 0.15) is 110 Å². The van der Waals surface area contributed by atoms with Crippen LogP contribution in [0.1, 0.15) is 13.3 Å². The number of rotatable bonds is 18. The molecule has 5 rings (SSSR count). The van der Waals surface area contributed by atoms with Gasteiger partial charge in [-0.25, -0.2) is 8.98 Å². The fraction of sp³-hybridized carbons (Fsp3) is 0.941. The number of amides is 1. The van der Waals surface area contributed by atoms with Crippen molar-refractivity contribution in [1.82, 2.24) is 5.32 Å². The predicted octanol–water partition coefficient (Wildman–Crippen LogP) is -12.1. The fourth-order valence-corrected chi connectivity index (χ4v) is 8.44. The van der Waals surface area contributed by atoms with Crippen molar-refractivity contribution in [3.05, 3.63) is 0 Å². The van der Waals surface area contributed by atoms with Crippen LogP contribution in [0.4, 0.5) is 0 Å². The first-order valence-corrected chi connectivity index (χ1v) is 21.7. The number of aliphatic carboxylic acids is 1. The Morgan fingerprint density at radius 2 is 1.21 bits per heavy atom. The predicted molar refractivity (Wildman–Crippen MR) is 200 cm³/mol. The summed E-state index contributed by atoms with van der Waals surface area (Å²) in [5.41, 5.74) is 0. The molecule has 0 spiro atoms. The third kappa shape index (κ3) is 12.5. The van der Waals surface area contributed by atoms with Gasteiger partial charge in [-0.3, -0.25) is 9.35 Å². The van der Waals surface area contributed by atoms with Crippen molar-refractivity contribution >= 4 is 22.3 Å². The van der Waals surface area contributed by atoms with Crippen molar-refractivity contribution in [2.24, 2.45) is 0 Å². The lowest BCUT2D eigenvalue weighted by atomic mass is 9.88. The number of carboxylic acids is 1. The van der Waals surface area contributed by atoms with E-state index in [0.717, 1.165) is 6.92 Å². The maximum absolute atomic E-state index is 12.8. The van der Waals surface area contributed by atoms with E-state index in [0.29, 0.717) is 0 Å². The Balaban J connectivity index is 1.44. The molecule has 0 aromatic heterocycles. The molecule has 5 fully saturated rings. The lowest BCUT2D eigenvalue weighted by Gasteiger charge is -2.49. The van der Waals surface area contributed by atoms with Crippen LogP contribution in [0.3, 0.4) is 0 Å². The van der Waals surface area contributed by atoms with Gasteiger partial charge in [0.15, 0.2) is 25.2 Å². The SMILES string of the molecule is CC(=O)N[C@H]1[C@H]([C@H](O)[C@H](O)CO)OC(OC[C@H]2O[C@@H](O[C@@H]3COC(O)[C@H](O)[C@H]3O)[C@H](O)[C@@H](O[C@@H]3O[C@H](CO)[C@H](O)[C@H](O[C@@H]4O[C@H](CO)[C@@H](O)[C@H](OS(=O)(=O)O)[C@H]4O)[C@H]3O)[C@H]2O)(C(=O)O)C[C@@H]1O. The first kappa shape index (κ1) is 55.8. The molecule has 5 saturated heterocycles. The van der Waals surface area contributed by atoms with Gasteiger partial charge in [-0.05, 0) is 0 Å². The van der Waals surface area contributed by atoms with Crippen LogP contribution < -0.4 is 5.32 Å². The second-order valence-electron chi connectivity index (χ2n) is 16.2. The fourth-order valence-electron chi connectivity index (χ4n) is 7.93. The molecule has 25 atom stereocenters. The van der Waals surface area contributed by atoms with E-state index in [9.17, 15) is 104 Å². The highest BCUT2D eigenvalue weighted by atomic mass is 32.3. The average Bonchev–Trinajstić information content (AvgIpc) is 3.26. The van der Waals surface area contributed by atoms with Gasteiger partial charge in [0, 0.05) is 13.3 Å². The van der Waals surface area contributed by atoms with E-state index in [1.54, 1.807) is 0 Å².